The van der Waals surface area contributed by atoms with Crippen LogP contribution >= 0.6 is 23.2 Å². The van der Waals surface area contributed by atoms with Crippen molar-refractivity contribution in [1.29, 1.82) is 5.26 Å². The van der Waals surface area contributed by atoms with E-state index in [0.717, 1.165) is 0 Å². The standard InChI is InChI=1S/C29H20Cl2N6O3/c30-19-6-8-22-24(12-19)35-28(39)25(13-20-3-1-2-10-33-20)37(29(22)40)16-17-4-7-21(23(31)11-17)27(38)36-26-9-5-18(14-32)15-34-26/h1-12,15,25H,13,16H2,(H,35,39)(H,34,36,38)/t25-/m1/s1. The molecule has 0 aliphatic carbocycles. The number of hydrogen-bond acceptors (Lipinski definition) is 6. The summed E-state index contributed by atoms with van der Waals surface area (Å²) in [6.07, 6.45) is 3.16. The number of nitrogens with one attached hydrogen (secondary N) is 2. The molecule has 0 saturated heterocycles. The highest BCUT2D eigenvalue weighted by atomic mass is 35.5. The van der Waals surface area contributed by atoms with Crippen molar-refractivity contribution in [3.63, 3.8) is 0 Å². The molecule has 40 heavy (non-hydrogen) atoms. The van der Waals surface area contributed by atoms with Crippen molar-refractivity contribution in [3.8, 4) is 6.07 Å². The molecule has 1 aliphatic rings. The van der Waals surface area contributed by atoms with Crippen LogP contribution in [0.15, 0.2) is 79.1 Å². The first-order valence-corrected chi connectivity index (χ1v) is 12.8. The van der Waals surface area contributed by atoms with Gasteiger partial charge in [-0.3, -0.25) is 19.4 Å². The Labute approximate surface area is 239 Å². The number of carbonyl (C=O) groups is 3. The van der Waals surface area contributed by atoms with Crippen LogP contribution in [0.1, 0.15) is 37.5 Å². The van der Waals surface area contributed by atoms with Crippen LogP contribution in [0.4, 0.5) is 11.5 Å². The normalized spacial score (nSPS) is 14.5. The molecule has 2 aromatic carbocycles. The molecule has 9 nitrogen and oxygen atoms in total. The van der Waals surface area contributed by atoms with Gasteiger partial charge in [0.05, 0.1) is 27.4 Å². The van der Waals surface area contributed by atoms with Crippen LogP contribution in [0.2, 0.25) is 10.0 Å². The first-order chi connectivity index (χ1) is 19.3. The predicted octanol–water partition coefficient (Wildman–Crippen LogP) is 5.11. The number of rotatable bonds is 6. The number of halogens is 2. The van der Waals surface area contributed by atoms with Crippen molar-refractivity contribution in [3.05, 3.63) is 117 Å². The van der Waals surface area contributed by atoms with Gasteiger partial charge in [0, 0.05) is 36.1 Å². The first kappa shape index (κ1) is 26.8. The molecule has 2 aromatic heterocycles. The van der Waals surface area contributed by atoms with Gasteiger partial charge in [0.25, 0.3) is 11.8 Å². The van der Waals surface area contributed by atoms with Gasteiger partial charge in [0.1, 0.15) is 17.9 Å². The molecular formula is C29H20Cl2N6O3. The summed E-state index contributed by atoms with van der Waals surface area (Å²) in [6.45, 7) is 0.0462. The van der Waals surface area contributed by atoms with Crippen LogP contribution in [0.5, 0.6) is 0 Å². The molecule has 0 fully saturated rings. The number of fused-ring (bicyclic) bond motifs is 1. The summed E-state index contributed by atoms with van der Waals surface area (Å²) >= 11 is 12.6. The number of nitrogens with zero attached hydrogens (tertiary/aromatic N) is 4. The van der Waals surface area contributed by atoms with E-state index in [-0.39, 0.29) is 41.2 Å². The van der Waals surface area contributed by atoms with Gasteiger partial charge in [0.2, 0.25) is 5.91 Å². The van der Waals surface area contributed by atoms with Crippen LogP contribution in [0.25, 0.3) is 0 Å². The van der Waals surface area contributed by atoms with E-state index in [4.69, 9.17) is 28.5 Å². The average Bonchev–Trinajstić information content (AvgIpc) is 3.03. The molecule has 0 spiro atoms. The smallest absolute Gasteiger partial charge is 0.258 e. The fraction of sp³-hybridized carbons (Fsp3) is 0.103. The van der Waals surface area contributed by atoms with Crippen molar-refractivity contribution < 1.29 is 14.4 Å². The van der Waals surface area contributed by atoms with Crippen LogP contribution in [0, 0.1) is 11.3 Å². The van der Waals surface area contributed by atoms with Gasteiger partial charge in [0.15, 0.2) is 0 Å². The van der Waals surface area contributed by atoms with Gasteiger partial charge in [-0.25, -0.2) is 4.98 Å². The van der Waals surface area contributed by atoms with E-state index < -0.39 is 11.9 Å². The largest absolute Gasteiger partial charge is 0.323 e. The van der Waals surface area contributed by atoms with E-state index in [2.05, 4.69) is 20.6 Å². The third-order valence-corrected chi connectivity index (χ3v) is 6.85. The highest BCUT2D eigenvalue weighted by molar-refractivity contribution is 6.34. The molecule has 3 heterocycles. The zero-order chi connectivity index (χ0) is 28.2. The number of amides is 3. The number of nitriles is 1. The van der Waals surface area contributed by atoms with Crippen molar-refractivity contribution in [2.75, 3.05) is 10.6 Å². The Morgan fingerprint density at radius 1 is 1.05 bits per heavy atom. The molecule has 0 radical (unpaired) electrons. The fourth-order valence-corrected chi connectivity index (χ4v) is 4.78. The Morgan fingerprint density at radius 2 is 1.90 bits per heavy atom. The average molecular weight is 571 g/mol. The van der Waals surface area contributed by atoms with E-state index >= 15 is 0 Å². The second-order valence-electron chi connectivity index (χ2n) is 8.97. The highest BCUT2D eigenvalue weighted by Gasteiger charge is 2.36. The van der Waals surface area contributed by atoms with E-state index in [1.165, 1.54) is 23.2 Å². The summed E-state index contributed by atoms with van der Waals surface area (Å²) in [5.41, 5.74) is 2.45. The number of anilines is 2. The molecule has 1 atom stereocenters. The van der Waals surface area contributed by atoms with Crippen molar-refractivity contribution in [2.24, 2.45) is 0 Å². The molecule has 0 bridgehead atoms. The molecular weight excluding hydrogens is 551 g/mol. The lowest BCUT2D eigenvalue weighted by Crippen LogP contribution is -2.46. The quantitative estimate of drug-likeness (QED) is 0.331. The molecule has 2 N–H and O–H groups in total. The molecule has 198 valence electrons. The summed E-state index contributed by atoms with van der Waals surface area (Å²) in [5, 5.41) is 14.9. The number of hydrogen-bond donors (Lipinski definition) is 2. The Balaban J connectivity index is 1.43. The van der Waals surface area contributed by atoms with Gasteiger partial charge in [-0.15, -0.1) is 0 Å². The molecule has 5 rings (SSSR count). The first-order valence-electron chi connectivity index (χ1n) is 12.1. The van der Waals surface area contributed by atoms with Crippen molar-refractivity contribution in [1.82, 2.24) is 14.9 Å². The van der Waals surface area contributed by atoms with Crippen molar-refractivity contribution in [2.45, 2.75) is 19.0 Å². The zero-order valence-electron chi connectivity index (χ0n) is 20.8. The van der Waals surface area contributed by atoms with E-state index in [9.17, 15) is 14.4 Å². The van der Waals surface area contributed by atoms with Gasteiger partial charge in [-0.1, -0.05) is 35.3 Å². The van der Waals surface area contributed by atoms with Crippen LogP contribution in [-0.2, 0) is 17.8 Å². The van der Waals surface area contributed by atoms with Crippen molar-refractivity contribution >= 4 is 52.4 Å². The topological polar surface area (TPSA) is 128 Å². The predicted molar refractivity (Wildman–Crippen MR) is 150 cm³/mol. The lowest BCUT2D eigenvalue weighted by Gasteiger charge is -2.29. The van der Waals surface area contributed by atoms with Gasteiger partial charge in [-0.05, 0) is 60.2 Å². The maximum Gasteiger partial charge on any atom is 0.258 e. The lowest BCUT2D eigenvalue weighted by molar-refractivity contribution is -0.120. The Morgan fingerprint density at radius 3 is 2.60 bits per heavy atom. The van der Waals surface area contributed by atoms with Gasteiger partial charge < -0.3 is 15.5 Å². The summed E-state index contributed by atoms with van der Waals surface area (Å²) < 4.78 is 0. The maximum absolute atomic E-state index is 13.8. The van der Waals surface area contributed by atoms with Crippen LogP contribution < -0.4 is 10.6 Å². The minimum Gasteiger partial charge on any atom is -0.323 e. The maximum atomic E-state index is 13.8. The molecule has 3 amide bonds. The summed E-state index contributed by atoms with van der Waals surface area (Å²) in [7, 11) is 0. The molecule has 4 aromatic rings. The van der Waals surface area contributed by atoms with Crippen LogP contribution in [-0.4, -0.2) is 38.6 Å². The Kier molecular flexibility index (Phi) is 7.73. The fourth-order valence-electron chi connectivity index (χ4n) is 4.32. The number of pyridine rings is 2. The number of carbonyl (C=O) groups excluding carboxylic acids is 3. The molecule has 11 heteroatoms. The Bertz CT molecular complexity index is 1660. The van der Waals surface area contributed by atoms with Gasteiger partial charge in [-0.2, -0.15) is 5.26 Å². The minimum absolute atomic E-state index is 0.0462. The van der Waals surface area contributed by atoms with E-state index in [0.29, 0.717) is 33.1 Å². The number of benzene rings is 2. The monoisotopic (exact) mass is 570 g/mol. The molecule has 0 saturated carbocycles. The molecule has 0 unspecified atom stereocenters. The zero-order valence-corrected chi connectivity index (χ0v) is 22.3. The second kappa shape index (κ2) is 11.5. The second-order valence-corrected chi connectivity index (χ2v) is 9.81. The number of aromatic nitrogens is 2. The lowest BCUT2D eigenvalue weighted by atomic mass is 10.0. The summed E-state index contributed by atoms with van der Waals surface area (Å²) in [6, 6.07) is 19.0. The summed E-state index contributed by atoms with van der Waals surface area (Å²) in [4.78, 5) is 49.8. The minimum atomic E-state index is -0.877. The third kappa shape index (κ3) is 5.78. The van der Waals surface area contributed by atoms with Crippen LogP contribution in [0.3, 0.4) is 0 Å². The van der Waals surface area contributed by atoms with Gasteiger partial charge >= 0.3 is 0 Å². The van der Waals surface area contributed by atoms with E-state index in [1.54, 1.807) is 54.7 Å². The summed E-state index contributed by atoms with van der Waals surface area (Å²) in [5.74, 6) is -0.966. The Hall–Kier alpha value is -4.78. The SMILES string of the molecule is N#Cc1ccc(NC(=O)c2ccc(CN3C(=O)c4ccc(Cl)cc4NC(=O)[C@H]3Cc3ccccn3)cc2Cl)nc1. The molecule has 1 aliphatic heterocycles. The highest BCUT2D eigenvalue weighted by Crippen LogP contribution is 2.29. The van der Waals surface area contributed by atoms with E-state index in [1.807, 2.05) is 12.1 Å². The third-order valence-electron chi connectivity index (χ3n) is 6.30.